The second-order valence-electron chi connectivity index (χ2n) is 16.8. The number of rotatable bonds is 5. The van der Waals surface area contributed by atoms with Gasteiger partial charge in [-0.3, -0.25) is 0 Å². The van der Waals surface area contributed by atoms with Gasteiger partial charge in [0, 0.05) is 22.1 Å². The van der Waals surface area contributed by atoms with Crippen molar-refractivity contribution in [1.29, 1.82) is 0 Å². The summed E-state index contributed by atoms with van der Waals surface area (Å²) >= 11 is 0. The summed E-state index contributed by atoms with van der Waals surface area (Å²) in [6.45, 7) is 4.67. The molecule has 1 aliphatic rings. The van der Waals surface area contributed by atoms with Gasteiger partial charge in [-0.15, -0.1) is 0 Å². The Kier molecular flexibility index (Phi) is 7.92. The summed E-state index contributed by atoms with van der Waals surface area (Å²) in [6.07, 6.45) is 0. The summed E-state index contributed by atoms with van der Waals surface area (Å²) < 4.78 is 0. The van der Waals surface area contributed by atoms with Crippen LogP contribution < -0.4 is 0 Å². The Labute approximate surface area is 355 Å². The van der Waals surface area contributed by atoms with E-state index in [1.54, 1.807) is 0 Å². The molecule has 286 valence electrons. The molecule has 0 N–H and O–H groups in total. The third-order valence-electron chi connectivity index (χ3n) is 13.1. The molecule has 2 nitrogen and oxygen atoms in total. The van der Waals surface area contributed by atoms with Crippen molar-refractivity contribution >= 4 is 43.1 Å². The average Bonchev–Trinajstić information content (AvgIpc) is 3.56. The van der Waals surface area contributed by atoms with Gasteiger partial charge in [0.25, 0.3) is 0 Å². The smallest absolute Gasteiger partial charge is 0.160 e. The first-order valence-corrected chi connectivity index (χ1v) is 21.2. The molecule has 10 aromatic carbocycles. The molecule has 2 heteroatoms. The Balaban J connectivity index is 1.14. The molecule has 0 spiro atoms. The predicted octanol–water partition coefficient (Wildman–Crippen LogP) is 15.7. The van der Waals surface area contributed by atoms with Gasteiger partial charge in [0.05, 0.1) is 11.4 Å². The highest BCUT2D eigenvalue weighted by atomic mass is 14.9. The number of fused-ring (bicyclic) bond motifs is 8. The van der Waals surface area contributed by atoms with Crippen LogP contribution in [0, 0.1) is 0 Å². The maximum atomic E-state index is 5.39. The number of benzene rings is 10. The lowest BCUT2D eigenvalue weighted by molar-refractivity contribution is 0.660. The first kappa shape index (κ1) is 35.3. The summed E-state index contributed by atoms with van der Waals surface area (Å²) in [5, 5.41) is 9.81. The molecule has 61 heavy (non-hydrogen) atoms. The highest BCUT2D eigenvalue weighted by Crippen LogP contribution is 2.53. The molecule has 1 aromatic heterocycles. The zero-order chi connectivity index (χ0) is 40.7. The lowest BCUT2D eigenvalue weighted by atomic mass is 9.82. The zero-order valence-corrected chi connectivity index (χ0v) is 34.0. The van der Waals surface area contributed by atoms with Crippen molar-refractivity contribution in [3.8, 4) is 67.3 Å². The van der Waals surface area contributed by atoms with E-state index in [1.807, 2.05) is 6.07 Å². The van der Waals surface area contributed by atoms with E-state index in [-0.39, 0.29) is 5.41 Å². The van der Waals surface area contributed by atoms with Crippen LogP contribution >= 0.6 is 0 Å². The quantitative estimate of drug-likeness (QED) is 0.128. The number of aromatic nitrogens is 2. The summed E-state index contributed by atoms with van der Waals surface area (Å²) in [4.78, 5) is 10.8. The maximum absolute atomic E-state index is 5.39. The van der Waals surface area contributed by atoms with E-state index in [4.69, 9.17) is 9.97 Å². The van der Waals surface area contributed by atoms with Crippen molar-refractivity contribution in [3.05, 3.63) is 217 Å². The van der Waals surface area contributed by atoms with Crippen molar-refractivity contribution in [3.63, 3.8) is 0 Å². The van der Waals surface area contributed by atoms with Crippen molar-refractivity contribution in [2.45, 2.75) is 19.3 Å². The molecular weight excluding hydrogens is 737 g/mol. The summed E-state index contributed by atoms with van der Waals surface area (Å²) in [6, 6.07) is 74.9. The summed E-state index contributed by atoms with van der Waals surface area (Å²) in [7, 11) is 0. The molecule has 0 bridgehead atoms. The highest BCUT2D eigenvalue weighted by molar-refractivity contribution is 6.29. The van der Waals surface area contributed by atoms with Crippen LogP contribution in [0.1, 0.15) is 25.0 Å². The van der Waals surface area contributed by atoms with Crippen molar-refractivity contribution < 1.29 is 0 Å². The van der Waals surface area contributed by atoms with Gasteiger partial charge in [-0.2, -0.15) is 0 Å². The predicted molar refractivity (Wildman–Crippen MR) is 257 cm³/mol. The second-order valence-corrected chi connectivity index (χ2v) is 16.8. The van der Waals surface area contributed by atoms with Crippen molar-refractivity contribution in [2.24, 2.45) is 0 Å². The van der Waals surface area contributed by atoms with Crippen LogP contribution in [0.15, 0.2) is 206 Å². The van der Waals surface area contributed by atoms with Gasteiger partial charge in [0.15, 0.2) is 5.82 Å². The topological polar surface area (TPSA) is 25.8 Å². The third kappa shape index (κ3) is 5.42. The monoisotopic (exact) mass is 776 g/mol. The van der Waals surface area contributed by atoms with Gasteiger partial charge in [-0.25, -0.2) is 9.97 Å². The fraction of sp³-hybridized carbons (Fsp3) is 0.0508. The molecule has 0 aliphatic heterocycles. The molecule has 12 rings (SSSR count). The summed E-state index contributed by atoms with van der Waals surface area (Å²) in [5.41, 5.74) is 15.0. The van der Waals surface area contributed by atoms with Crippen molar-refractivity contribution in [1.82, 2.24) is 9.97 Å². The normalized spacial score (nSPS) is 12.9. The standard InChI is InChI=1S/C59H40N2/c1-59(2)50-30-16-15-28-47(50)55-48(29-17-31-51(55)59)53-36-52(60-58(61-53)39-21-7-4-8-22-39)43-34-35-46(42-25-12-11-24-41(42)43)57-45-27-14-13-26-44(45)54(38-19-5-3-6-20-38)49-33-32-37-18-9-10-23-40(37)56(49)57/h3-36H,1-2H3. The molecule has 0 radical (unpaired) electrons. The maximum Gasteiger partial charge on any atom is 0.160 e. The Morgan fingerprint density at radius 2 is 0.869 bits per heavy atom. The lowest BCUT2D eigenvalue weighted by Crippen LogP contribution is -2.14. The molecular formula is C59H40N2. The van der Waals surface area contributed by atoms with Crippen LogP contribution in [0.25, 0.3) is 110 Å². The van der Waals surface area contributed by atoms with Crippen LogP contribution in [0.4, 0.5) is 0 Å². The van der Waals surface area contributed by atoms with E-state index in [0.717, 1.165) is 33.5 Å². The third-order valence-corrected chi connectivity index (χ3v) is 13.1. The van der Waals surface area contributed by atoms with Crippen LogP contribution in [0.2, 0.25) is 0 Å². The van der Waals surface area contributed by atoms with Gasteiger partial charge >= 0.3 is 0 Å². The first-order chi connectivity index (χ1) is 30.0. The largest absolute Gasteiger partial charge is 0.228 e. The van der Waals surface area contributed by atoms with E-state index in [2.05, 4.69) is 214 Å². The fourth-order valence-corrected chi connectivity index (χ4v) is 10.3. The molecule has 0 saturated heterocycles. The minimum absolute atomic E-state index is 0.120. The summed E-state index contributed by atoms with van der Waals surface area (Å²) in [5.74, 6) is 0.712. The van der Waals surface area contributed by atoms with Crippen LogP contribution in [0.5, 0.6) is 0 Å². The van der Waals surface area contributed by atoms with E-state index >= 15 is 0 Å². The highest BCUT2D eigenvalue weighted by Gasteiger charge is 2.37. The Morgan fingerprint density at radius 1 is 0.328 bits per heavy atom. The van der Waals surface area contributed by atoms with Gasteiger partial charge in [0.2, 0.25) is 0 Å². The van der Waals surface area contributed by atoms with Crippen LogP contribution in [-0.2, 0) is 5.41 Å². The van der Waals surface area contributed by atoms with Gasteiger partial charge in [-0.05, 0) is 93.7 Å². The molecule has 1 aliphatic carbocycles. The zero-order valence-electron chi connectivity index (χ0n) is 34.0. The Morgan fingerprint density at radius 3 is 1.62 bits per heavy atom. The molecule has 0 atom stereocenters. The molecule has 0 saturated carbocycles. The lowest BCUT2D eigenvalue weighted by Gasteiger charge is -2.21. The minimum Gasteiger partial charge on any atom is -0.228 e. The molecule has 1 heterocycles. The Hall–Kier alpha value is -7.68. The van der Waals surface area contributed by atoms with Gasteiger partial charge in [-0.1, -0.05) is 214 Å². The molecule has 0 unspecified atom stereocenters. The number of hydrogen-bond donors (Lipinski definition) is 0. The number of hydrogen-bond acceptors (Lipinski definition) is 2. The fourth-order valence-electron chi connectivity index (χ4n) is 10.3. The van der Waals surface area contributed by atoms with E-state index in [9.17, 15) is 0 Å². The number of nitrogens with zero attached hydrogens (tertiary/aromatic N) is 2. The van der Waals surface area contributed by atoms with E-state index < -0.39 is 0 Å². The van der Waals surface area contributed by atoms with Crippen LogP contribution in [0.3, 0.4) is 0 Å². The molecule has 0 amide bonds. The molecule has 0 fully saturated rings. The van der Waals surface area contributed by atoms with E-state index in [1.165, 1.54) is 82.2 Å². The van der Waals surface area contributed by atoms with Gasteiger partial charge < -0.3 is 0 Å². The Bertz CT molecular complexity index is 3550. The second kappa shape index (κ2) is 13.7. The van der Waals surface area contributed by atoms with Crippen LogP contribution in [-0.4, -0.2) is 9.97 Å². The first-order valence-electron chi connectivity index (χ1n) is 21.2. The van der Waals surface area contributed by atoms with Gasteiger partial charge in [0.1, 0.15) is 0 Å². The average molecular weight is 777 g/mol. The molecule has 11 aromatic rings. The SMILES string of the molecule is CC1(C)c2ccccc2-c2c(-c3cc(-c4ccc(-c5c6ccccc6c(-c6ccccc6)c6ccc7ccccc7c56)c5ccccc45)nc(-c4ccccc4)n3)cccc21. The van der Waals surface area contributed by atoms with E-state index in [0.29, 0.717) is 5.82 Å². The minimum atomic E-state index is -0.120. The van der Waals surface area contributed by atoms with Crippen molar-refractivity contribution in [2.75, 3.05) is 0 Å².